The molecule has 0 spiro atoms. The Balaban J connectivity index is 1.98. The maximum absolute atomic E-state index is 5.80. The van der Waals surface area contributed by atoms with Crippen LogP contribution in [0.2, 0.25) is 0 Å². The van der Waals surface area contributed by atoms with E-state index in [4.69, 9.17) is 9.47 Å². The van der Waals surface area contributed by atoms with Gasteiger partial charge in [0.1, 0.15) is 13.2 Å². The molecule has 1 fully saturated rings. The van der Waals surface area contributed by atoms with Gasteiger partial charge in [0.15, 0.2) is 11.5 Å². The highest BCUT2D eigenvalue weighted by Gasteiger charge is 2.22. The van der Waals surface area contributed by atoms with Crippen LogP contribution in [0, 0.1) is 6.92 Å². The highest BCUT2D eigenvalue weighted by molar-refractivity contribution is 5.67. The van der Waals surface area contributed by atoms with Crippen LogP contribution in [0.5, 0.6) is 11.5 Å². The third-order valence-electron chi connectivity index (χ3n) is 3.32. The van der Waals surface area contributed by atoms with Crippen molar-refractivity contribution in [3.63, 3.8) is 0 Å². The van der Waals surface area contributed by atoms with Crippen LogP contribution < -0.4 is 19.7 Å². The van der Waals surface area contributed by atoms with Crippen molar-refractivity contribution in [1.82, 2.24) is 5.32 Å². The number of piperazine rings is 1. The van der Waals surface area contributed by atoms with Gasteiger partial charge in [-0.3, -0.25) is 0 Å². The summed E-state index contributed by atoms with van der Waals surface area (Å²) >= 11 is 0. The van der Waals surface area contributed by atoms with Gasteiger partial charge in [0.2, 0.25) is 0 Å². The molecule has 0 amide bonds. The van der Waals surface area contributed by atoms with Crippen LogP contribution in [0.25, 0.3) is 0 Å². The van der Waals surface area contributed by atoms with Gasteiger partial charge in [-0.05, 0) is 18.6 Å². The molecule has 0 unspecified atom stereocenters. The maximum atomic E-state index is 5.80. The Morgan fingerprint density at radius 1 is 1.06 bits per heavy atom. The van der Waals surface area contributed by atoms with E-state index in [0.717, 1.165) is 43.2 Å². The van der Waals surface area contributed by atoms with E-state index in [2.05, 4.69) is 29.3 Å². The maximum Gasteiger partial charge on any atom is 0.184 e. The van der Waals surface area contributed by atoms with Gasteiger partial charge in [0, 0.05) is 26.2 Å². The lowest BCUT2D eigenvalue weighted by Gasteiger charge is -2.33. The van der Waals surface area contributed by atoms with Crippen molar-refractivity contribution in [1.29, 1.82) is 0 Å². The summed E-state index contributed by atoms with van der Waals surface area (Å²) in [6, 6.07) is 4.26. The lowest BCUT2D eigenvalue weighted by atomic mass is 10.1. The number of anilines is 1. The quantitative estimate of drug-likeness (QED) is 0.791. The second-order valence-electron chi connectivity index (χ2n) is 4.49. The SMILES string of the molecule is Cc1ccc(N2CCNCC2)c2c1OCCO2. The molecule has 1 aromatic rings. The molecule has 2 heterocycles. The van der Waals surface area contributed by atoms with Crippen LogP contribution in [0.3, 0.4) is 0 Å². The molecule has 1 N–H and O–H groups in total. The van der Waals surface area contributed by atoms with Crippen molar-refractivity contribution >= 4 is 5.69 Å². The van der Waals surface area contributed by atoms with Gasteiger partial charge in [0.25, 0.3) is 0 Å². The fraction of sp³-hybridized carbons (Fsp3) is 0.538. The van der Waals surface area contributed by atoms with Gasteiger partial charge in [-0.25, -0.2) is 0 Å². The molecule has 17 heavy (non-hydrogen) atoms. The van der Waals surface area contributed by atoms with Crippen molar-refractivity contribution in [2.45, 2.75) is 6.92 Å². The van der Waals surface area contributed by atoms with Crippen LogP contribution in [0.15, 0.2) is 12.1 Å². The van der Waals surface area contributed by atoms with E-state index in [1.54, 1.807) is 0 Å². The van der Waals surface area contributed by atoms with E-state index >= 15 is 0 Å². The largest absolute Gasteiger partial charge is 0.486 e. The number of fused-ring (bicyclic) bond motifs is 1. The minimum absolute atomic E-state index is 0.648. The highest BCUT2D eigenvalue weighted by Crippen LogP contribution is 2.42. The molecule has 2 aliphatic rings. The number of hydrogen-bond donors (Lipinski definition) is 1. The van der Waals surface area contributed by atoms with Crippen LogP contribution >= 0.6 is 0 Å². The van der Waals surface area contributed by atoms with Gasteiger partial charge < -0.3 is 19.7 Å². The average molecular weight is 234 g/mol. The number of rotatable bonds is 1. The van der Waals surface area contributed by atoms with Crippen molar-refractivity contribution < 1.29 is 9.47 Å². The molecule has 0 aromatic heterocycles. The second kappa shape index (κ2) is 4.45. The highest BCUT2D eigenvalue weighted by atomic mass is 16.6. The molecule has 3 rings (SSSR count). The minimum Gasteiger partial charge on any atom is -0.486 e. The predicted octanol–water partition coefficient (Wildman–Crippen LogP) is 1.18. The Morgan fingerprint density at radius 2 is 1.76 bits per heavy atom. The average Bonchev–Trinajstić information content (AvgIpc) is 2.41. The fourth-order valence-electron chi connectivity index (χ4n) is 2.41. The Hall–Kier alpha value is -1.42. The zero-order valence-corrected chi connectivity index (χ0v) is 10.2. The first-order valence-electron chi connectivity index (χ1n) is 6.21. The lowest BCUT2D eigenvalue weighted by Crippen LogP contribution is -2.43. The second-order valence-corrected chi connectivity index (χ2v) is 4.49. The van der Waals surface area contributed by atoms with Crippen molar-refractivity contribution in [2.75, 3.05) is 44.3 Å². The molecule has 1 aromatic carbocycles. The Kier molecular flexibility index (Phi) is 2.81. The van der Waals surface area contributed by atoms with Gasteiger partial charge in [0.05, 0.1) is 5.69 Å². The molecule has 1 saturated heterocycles. The number of ether oxygens (including phenoxy) is 2. The lowest BCUT2D eigenvalue weighted by molar-refractivity contribution is 0.171. The van der Waals surface area contributed by atoms with Crippen molar-refractivity contribution in [3.05, 3.63) is 17.7 Å². The number of aryl methyl sites for hydroxylation is 1. The number of nitrogens with zero attached hydrogens (tertiary/aromatic N) is 1. The summed E-state index contributed by atoms with van der Waals surface area (Å²) in [5.74, 6) is 1.85. The Bertz CT molecular complexity index is 414. The van der Waals surface area contributed by atoms with Gasteiger partial charge >= 0.3 is 0 Å². The molecule has 0 radical (unpaired) electrons. The van der Waals surface area contributed by atoms with Gasteiger partial charge in [-0.15, -0.1) is 0 Å². The first-order valence-corrected chi connectivity index (χ1v) is 6.21. The zero-order chi connectivity index (χ0) is 11.7. The molecule has 2 aliphatic heterocycles. The summed E-state index contributed by atoms with van der Waals surface area (Å²) in [5, 5.41) is 3.36. The summed E-state index contributed by atoms with van der Waals surface area (Å²) in [4.78, 5) is 2.36. The van der Waals surface area contributed by atoms with Crippen LogP contribution in [-0.4, -0.2) is 39.4 Å². The first-order chi connectivity index (χ1) is 8.36. The molecule has 92 valence electrons. The molecule has 0 aliphatic carbocycles. The molecular weight excluding hydrogens is 216 g/mol. The van der Waals surface area contributed by atoms with Crippen LogP contribution in [0.1, 0.15) is 5.56 Å². The molecule has 4 heteroatoms. The summed E-state index contributed by atoms with van der Waals surface area (Å²) in [5.41, 5.74) is 2.32. The number of hydrogen-bond acceptors (Lipinski definition) is 4. The van der Waals surface area contributed by atoms with E-state index in [1.807, 2.05) is 0 Å². The van der Waals surface area contributed by atoms with Gasteiger partial charge in [-0.1, -0.05) is 6.07 Å². The molecule has 4 nitrogen and oxygen atoms in total. The fourth-order valence-corrected chi connectivity index (χ4v) is 2.41. The van der Waals surface area contributed by atoms with Crippen molar-refractivity contribution in [2.24, 2.45) is 0 Å². The van der Waals surface area contributed by atoms with E-state index < -0.39 is 0 Å². The molecule has 0 saturated carbocycles. The van der Waals surface area contributed by atoms with E-state index in [1.165, 1.54) is 5.69 Å². The third-order valence-corrected chi connectivity index (χ3v) is 3.32. The van der Waals surface area contributed by atoms with Gasteiger partial charge in [-0.2, -0.15) is 0 Å². The van der Waals surface area contributed by atoms with Crippen LogP contribution in [0.4, 0.5) is 5.69 Å². The molecule has 0 atom stereocenters. The summed E-state index contributed by atoms with van der Waals surface area (Å²) in [6.07, 6.45) is 0. The summed E-state index contributed by atoms with van der Waals surface area (Å²) < 4.78 is 11.5. The number of benzene rings is 1. The smallest absolute Gasteiger partial charge is 0.184 e. The van der Waals surface area contributed by atoms with E-state index in [-0.39, 0.29) is 0 Å². The Labute approximate surface area is 102 Å². The minimum atomic E-state index is 0.648. The van der Waals surface area contributed by atoms with E-state index in [9.17, 15) is 0 Å². The standard InChI is InChI=1S/C13H18N2O2/c1-10-2-3-11(15-6-4-14-5-7-15)13-12(10)16-8-9-17-13/h2-3,14H,4-9H2,1H3. The number of nitrogens with one attached hydrogen (secondary N) is 1. The van der Waals surface area contributed by atoms with Crippen molar-refractivity contribution in [3.8, 4) is 11.5 Å². The summed E-state index contributed by atoms with van der Waals surface area (Å²) in [7, 11) is 0. The monoisotopic (exact) mass is 234 g/mol. The molecule has 0 bridgehead atoms. The Morgan fingerprint density at radius 3 is 2.53 bits per heavy atom. The van der Waals surface area contributed by atoms with Crippen LogP contribution in [-0.2, 0) is 0 Å². The topological polar surface area (TPSA) is 33.7 Å². The summed E-state index contributed by atoms with van der Waals surface area (Å²) in [6.45, 7) is 7.48. The normalized spacial score (nSPS) is 19.2. The first kappa shape index (κ1) is 10.7. The zero-order valence-electron chi connectivity index (χ0n) is 10.2. The van der Waals surface area contributed by atoms with E-state index in [0.29, 0.717) is 13.2 Å². The molecular formula is C13H18N2O2. The predicted molar refractivity (Wildman–Crippen MR) is 67.3 cm³/mol. The third kappa shape index (κ3) is 1.93.